The molecule has 0 radical (unpaired) electrons. The molecule has 20 heavy (non-hydrogen) atoms. The molecule has 2 heterocycles. The molecular weight excluding hydrogens is 290 g/mol. The van der Waals surface area contributed by atoms with Crippen LogP contribution in [0.1, 0.15) is 10.5 Å². The van der Waals surface area contributed by atoms with Crippen LogP contribution in [0.25, 0.3) is 0 Å². The number of aliphatic hydroxyl groups excluding tert-OH is 3. The molecule has 1 saturated heterocycles. The van der Waals surface area contributed by atoms with Crippen molar-refractivity contribution in [3.05, 3.63) is 11.9 Å². The maximum Gasteiger partial charge on any atom is 0.274 e. The van der Waals surface area contributed by atoms with E-state index in [0.717, 1.165) is 0 Å². The number of carbonyl (C=O) groups is 1. The van der Waals surface area contributed by atoms with E-state index in [-0.39, 0.29) is 24.8 Å². The Balaban J connectivity index is 1.99. The van der Waals surface area contributed by atoms with Gasteiger partial charge in [-0.25, -0.2) is 0 Å². The number of halogens is 1. The fourth-order valence-electron chi connectivity index (χ4n) is 2.11. The largest absolute Gasteiger partial charge is 0.395 e. The lowest BCUT2D eigenvalue weighted by atomic mass is 10.1. The van der Waals surface area contributed by atoms with Crippen LogP contribution in [0.2, 0.25) is 0 Å². The van der Waals surface area contributed by atoms with Crippen molar-refractivity contribution in [3.63, 3.8) is 0 Å². The van der Waals surface area contributed by atoms with E-state index in [1.165, 1.54) is 10.9 Å². The molecule has 10 heteroatoms. The molecule has 112 valence electrons. The SMILES string of the molecule is O=C(NCCl)c1cn(C[C@H]2N[C@H](CO)[C@@H](O)[C@@H]2O)nn1. The van der Waals surface area contributed by atoms with Gasteiger partial charge in [0.15, 0.2) is 5.69 Å². The Labute approximate surface area is 119 Å². The molecule has 0 spiro atoms. The Bertz CT molecular complexity index is 470. The zero-order valence-corrected chi connectivity index (χ0v) is 11.2. The maximum atomic E-state index is 11.5. The highest BCUT2D eigenvalue weighted by atomic mass is 35.5. The summed E-state index contributed by atoms with van der Waals surface area (Å²) >= 11 is 5.38. The second-order valence-electron chi connectivity index (χ2n) is 4.51. The molecule has 5 N–H and O–H groups in total. The number of hydrogen-bond acceptors (Lipinski definition) is 7. The van der Waals surface area contributed by atoms with Gasteiger partial charge >= 0.3 is 0 Å². The van der Waals surface area contributed by atoms with Crippen LogP contribution in [0.4, 0.5) is 0 Å². The summed E-state index contributed by atoms with van der Waals surface area (Å²) in [6, 6.07) is -1.11. The smallest absolute Gasteiger partial charge is 0.274 e. The lowest BCUT2D eigenvalue weighted by Gasteiger charge is -2.15. The van der Waals surface area contributed by atoms with Crippen molar-refractivity contribution in [2.45, 2.75) is 30.8 Å². The molecule has 0 aliphatic carbocycles. The normalized spacial score (nSPS) is 29.6. The van der Waals surface area contributed by atoms with E-state index in [9.17, 15) is 15.0 Å². The summed E-state index contributed by atoms with van der Waals surface area (Å²) in [7, 11) is 0. The molecule has 4 atom stereocenters. The maximum absolute atomic E-state index is 11.5. The first kappa shape index (κ1) is 15.1. The number of amides is 1. The van der Waals surface area contributed by atoms with Gasteiger partial charge < -0.3 is 26.0 Å². The van der Waals surface area contributed by atoms with Crippen molar-refractivity contribution in [3.8, 4) is 0 Å². The zero-order valence-electron chi connectivity index (χ0n) is 10.5. The summed E-state index contributed by atoms with van der Waals surface area (Å²) < 4.78 is 1.37. The molecule has 1 aliphatic heterocycles. The van der Waals surface area contributed by atoms with Crippen LogP contribution in [-0.4, -0.2) is 73.1 Å². The van der Waals surface area contributed by atoms with Gasteiger partial charge in [-0.2, -0.15) is 0 Å². The zero-order chi connectivity index (χ0) is 14.7. The molecule has 1 aromatic rings. The molecular formula is C10H16ClN5O4. The van der Waals surface area contributed by atoms with Gasteiger partial charge in [-0.15, -0.1) is 16.7 Å². The second kappa shape index (κ2) is 6.46. The Hall–Kier alpha value is -1.26. The van der Waals surface area contributed by atoms with Crippen LogP contribution in [-0.2, 0) is 6.54 Å². The van der Waals surface area contributed by atoms with Crippen molar-refractivity contribution in [2.24, 2.45) is 0 Å². The average Bonchev–Trinajstić information content (AvgIpc) is 3.00. The van der Waals surface area contributed by atoms with E-state index < -0.39 is 30.2 Å². The minimum absolute atomic E-state index is 0.0288. The Morgan fingerprint density at radius 3 is 2.75 bits per heavy atom. The number of hydrogen-bond donors (Lipinski definition) is 5. The van der Waals surface area contributed by atoms with E-state index in [1.54, 1.807) is 0 Å². The molecule has 2 rings (SSSR count). The highest BCUT2D eigenvalue weighted by molar-refractivity contribution is 6.18. The van der Waals surface area contributed by atoms with E-state index in [4.69, 9.17) is 16.7 Å². The predicted octanol–water partition coefficient (Wildman–Crippen LogP) is -2.74. The Morgan fingerprint density at radius 1 is 1.45 bits per heavy atom. The summed E-state index contributed by atoms with van der Waals surface area (Å²) in [5.41, 5.74) is 0.109. The molecule has 1 fully saturated rings. The third-order valence-electron chi connectivity index (χ3n) is 3.18. The predicted molar refractivity (Wildman–Crippen MR) is 68.0 cm³/mol. The lowest BCUT2D eigenvalue weighted by Crippen LogP contribution is -2.38. The molecule has 0 saturated carbocycles. The van der Waals surface area contributed by atoms with Gasteiger partial charge in [-0.3, -0.25) is 9.48 Å². The van der Waals surface area contributed by atoms with Gasteiger partial charge in [0.1, 0.15) is 0 Å². The number of alkyl halides is 1. The number of nitrogens with zero attached hydrogens (tertiary/aromatic N) is 3. The highest BCUT2D eigenvalue weighted by Crippen LogP contribution is 2.15. The van der Waals surface area contributed by atoms with Crippen molar-refractivity contribution in [1.29, 1.82) is 0 Å². The van der Waals surface area contributed by atoms with Gasteiger partial charge in [0.05, 0.1) is 49.6 Å². The third kappa shape index (κ3) is 3.07. The monoisotopic (exact) mass is 305 g/mol. The van der Waals surface area contributed by atoms with Crippen LogP contribution in [0.5, 0.6) is 0 Å². The molecule has 1 aliphatic rings. The standard InChI is InChI=1S/C10H16ClN5O4/c11-4-12-10(20)6-2-16(15-14-6)1-5-8(18)9(19)7(3-17)13-5/h2,5,7-9,13,17-19H,1,3-4H2,(H,12,20)/t5-,7-,8-,9-/m1/s1. The summed E-state index contributed by atoms with van der Waals surface area (Å²) in [5.74, 6) is -0.445. The third-order valence-corrected chi connectivity index (χ3v) is 3.32. The lowest BCUT2D eigenvalue weighted by molar-refractivity contribution is 0.0175. The Morgan fingerprint density at radius 2 is 2.15 bits per heavy atom. The summed E-state index contributed by atoms with van der Waals surface area (Å²) in [6.07, 6.45) is -0.668. The van der Waals surface area contributed by atoms with Gasteiger partial charge in [0, 0.05) is 0 Å². The van der Waals surface area contributed by atoms with Gasteiger partial charge in [-0.05, 0) is 0 Å². The Kier molecular flexibility index (Phi) is 4.89. The van der Waals surface area contributed by atoms with Crippen LogP contribution in [0.15, 0.2) is 6.20 Å². The summed E-state index contributed by atoms with van der Waals surface area (Å²) in [4.78, 5) is 11.5. The van der Waals surface area contributed by atoms with Crippen molar-refractivity contribution >= 4 is 17.5 Å². The van der Waals surface area contributed by atoms with E-state index >= 15 is 0 Å². The summed E-state index contributed by atoms with van der Waals surface area (Å²) in [6.45, 7) is -0.0780. The van der Waals surface area contributed by atoms with Crippen molar-refractivity contribution in [2.75, 3.05) is 12.6 Å². The molecule has 0 bridgehead atoms. The van der Waals surface area contributed by atoms with Gasteiger partial charge in [0.25, 0.3) is 5.91 Å². The molecule has 0 aromatic carbocycles. The van der Waals surface area contributed by atoms with Crippen LogP contribution >= 0.6 is 11.6 Å². The molecule has 1 aromatic heterocycles. The first-order valence-corrected chi connectivity index (χ1v) is 6.57. The number of carbonyl (C=O) groups excluding carboxylic acids is 1. The second-order valence-corrected chi connectivity index (χ2v) is 4.78. The van der Waals surface area contributed by atoms with E-state index in [1.807, 2.05) is 0 Å². The summed E-state index contributed by atoms with van der Waals surface area (Å²) in [5, 5.41) is 41.3. The first-order chi connectivity index (χ1) is 9.56. The highest BCUT2D eigenvalue weighted by Gasteiger charge is 2.40. The van der Waals surface area contributed by atoms with E-state index in [2.05, 4.69) is 20.9 Å². The average molecular weight is 306 g/mol. The minimum atomic E-state index is -1.05. The topological polar surface area (TPSA) is 133 Å². The molecule has 0 unspecified atom stereocenters. The fourth-order valence-corrected chi connectivity index (χ4v) is 2.24. The van der Waals surface area contributed by atoms with Gasteiger partial charge in [0.2, 0.25) is 0 Å². The van der Waals surface area contributed by atoms with Crippen molar-refractivity contribution in [1.82, 2.24) is 25.6 Å². The number of rotatable bonds is 5. The van der Waals surface area contributed by atoms with Crippen molar-refractivity contribution < 1.29 is 20.1 Å². The number of aliphatic hydroxyl groups is 3. The molecule has 1 amide bonds. The number of aromatic nitrogens is 3. The van der Waals surface area contributed by atoms with Crippen LogP contribution in [0, 0.1) is 0 Å². The first-order valence-electron chi connectivity index (χ1n) is 6.04. The molecule has 9 nitrogen and oxygen atoms in total. The fraction of sp³-hybridized carbons (Fsp3) is 0.700. The van der Waals surface area contributed by atoms with Crippen LogP contribution in [0.3, 0.4) is 0 Å². The number of nitrogens with one attached hydrogen (secondary N) is 2. The van der Waals surface area contributed by atoms with Gasteiger partial charge in [-0.1, -0.05) is 5.21 Å². The quantitative estimate of drug-likeness (QED) is 0.294. The van der Waals surface area contributed by atoms with Crippen LogP contribution < -0.4 is 10.6 Å². The van der Waals surface area contributed by atoms with E-state index in [0.29, 0.717) is 0 Å². The minimum Gasteiger partial charge on any atom is -0.395 e.